The summed E-state index contributed by atoms with van der Waals surface area (Å²) in [6, 6.07) is 12.5. The number of anilines is 2. The molecule has 2 rings (SSSR count). The van der Waals surface area contributed by atoms with Gasteiger partial charge in [0.25, 0.3) is 5.91 Å². The molecule has 0 aliphatic rings. The van der Waals surface area contributed by atoms with Crippen LogP contribution in [0.1, 0.15) is 29.8 Å². The van der Waals surface area contributed by atoms with Gasteiger partial charge >= 0.3 is 0 Å². The molecule has 0 aromatic heterocycles. The second-order valence-electron chi connectivity index (χ2n) is 5.16. The summed E-state index contributed by atoms with van der Waals surface area (Å²) in [5.74, 6) is 0.585. The summed E-state index contributed by atoms with van der Waals surface area (Å²) in [6.07, 6.45) is 0.111. The van der Waals surface area contributed by atoms with Crippen LogP contribution >= 0.6 is 0 Å². The second kappa shape index (κ2) is 6.31. The Bertz CT molecular complexity index is 634. The van der Waals surface area contributed by atoms with Crippen LogP contribution in [0.4, 0.5) is 11.4 Å². The number of nitrogens with two attached hydrogens (primary N) is 1. The van der Waals surface area contributed by atoms with Crippen LogP contribution in [0.15, 0.2) is 42.5 Å². The summed E-state index contributed by atoms with van der Waals surface area (Å²) in [5.41, 5.74) is 8.66. The van der Waals surface area contributed by atoms with Crippen molar-refractivity contribution >= 4 is 17.3 Å². The molecule has 3 N–H and O–H groups in total. The first-order valence-corrected chi connectivity index (χ1v) is 6.90. The number of hydrogen-bond donors (Lipinski definition) is 2. The highest BCUT2D eigenvalue weighted by Crippen LogP contribution is 2.21. The van der Waals surface area contributed by atoms with Gasteiger partial charge in [-0.3, -0.25) is 4.79 Å². The van der Waals surface area contributed by atoms with Crippen LogP contribution in [-0.2, 0) is 0 Å². The quantitative estimate of drug-likeness (QED) is 0.843. The van der Waals surface area contributed by atoms with Gasteiger partial charge in [0.2, 0.25) is 0 Å². The number of carbonyl (C=O) groups excluding carboxylic acids is 1. The number of benzene rings is 2. The predicted octanol–water partition coefficient (Wildman–Crippen LogP) is 3.62. The molecule has 21 heavy (non-hydrogen) atoms. The van der Waals surface area contributed by atoms with Gasteiger partial charge in [-0.1, -0.05) is 6.07 Å². The lowest BCUT2D eigenvalue weighted by atomic mass is 10.1. The molecular formula is C17H20N2O2. The number of amides is 1. The van der Waals surface area contributed by atoms with Gasteiger partial charge in [-0.05, 0) is 62.7 Å². The minimum Gasteiger partial charge on any atom is -0.491 e. The third-order valence-electron chi connectivity index (χ3n) is 3.11. The Hall–Kier alpha value is -2.49. The fourth-order valence-electron chi connectivity index (χ4n) is 1.94. The Morgan fingerprint density at radius 1 is 1.14 bits per heavy atom. The van der Waals surface area contributed by atoms with Crippen molar-refractivity contribution in [1.82, 2.24) is 0 Å². The lowest BCUT2D eigenvalue weighted by molar-refractivity contribution is 0.102. The average molecular weight is 284 g/mol. The molecule has 0 heterocycles. The summed E-state index contributed by atoms with van der Waals surface area (Å²) < 4.78 is 5.55. The number of nitrogens with one attached hydrogen (secondary N) is 1. The van der Waals surface area contributed by atoms with E-state index >= 15 is 0 Å². The number of nitrogen functional groups attached to an aromatic ring is 1. The zero-order chi connectivity index (χ0) is 15.4. The molecule has 0 atom stereocenters. The number of carbonyl (C=O) groups is 1. The summed E-state index contributed by atoms with van der Waals surface area (Å²) in [7, 11) is 0. The molecule has 0 saturated heterocycles. The van der Waals surface area contributed by atoms with E-state index in [0.717, 1.165) is 17.0 Å². The van der Waals surface area contributed by atoms with Crippen molar-refractivity contribution < 1.29 is 9.53 Å². The topological polar surface area (TPSA) is 64.3 Å². The second-order valence-corrected chi connectivity index (χ2v) is 5.16. The fourth-order valence-corrected chi connectivity index (χ4v) is 1.94. The van der Waals surface area contributed by atoms with Crippen LogP contribution in [0.5, 0.6) is 5.75 Å². The van der Waals surface area contributed by atoms with Crippen molar-refractivity contribution in [3.8, 4) is 5.75 Å². The molecule has 0 saturated carbocycles. The fraction of sp³-hybridized carbons (Fsp3) is 0.235. The number of hydrogen-bond acceptors (Lipinski definition) is 3. The number of rotatable bonds is 4. The smallest absolute Gasteiger partial charge is 0.255 e. The van der Waals surface area contributed by atoms with Crippen LogP contribution < -0.4 is 15.8 Å². The minimum absolute atomic E-state index is 0.111. The van der Waals surface area contributed by atoms with Crippen molar-refractivity contribution in [3.05, 3.63) is 53.6 Å². The standard InChI is InChI=1S/C17H20N2O2/c1-11(2)21-14-9-7-13(8-10-14)17(20)19-16-6-4-5-15(18)12(16)3/h4-11H,18H2,1-3H3,(H,19,20). The molecule has 0 unspecified atom stereocenters. The van der Waals surface area contributed by atoms with Gasteiger partial charge in [0.15, 0.2) is 0 Å². The third kappa shape index (κ3) is 3.75. The molecule has 0 aliphatic heterocycles. The van der Waals surface area contributed by atoms with Gasteiger partial charge in [-0.25, -0.2) is 0 Å². The molecule has 0 bridgehead atoms. The molecular weight excluding hydrogens is 264 g/mol. The first-order chi connectivity index (χ1) is 9.97. The van der Waals surface area contributed by atoms with Crippen LogP contribution in [-0.4, -0.2) is 12.0 Å². The number of ether oxygens (including phenoxy) is 1. The van der Waals surface area contributed by atoms with Crippen molar-refractivity contribution in [2.75, 3.05) is 11.1 Å². The van der Waals surface area contributed by atoms with E-state index in [-0.39, 0.29) is 12.0 Å². The van der Waals surface area contributed by atoms with E-state index < -0.39 is 0 Å². The largest absolute Gasteiger partial charge is 0.491 e. The van der Waals surface area contributed by atoms with Gasteiger partial charge in [0.1, 0.15) is 5.75 Å². The van der Waals surface area contributed by atoms with Crippen molar-refractivity contribution in [3.63, 3.8) is 0 Å². The van der Waals surface area contributed by atoms with E-state index in [2.05, 4.69) is 5.32 Å². The Morgan fingerprint density at radius 2 is 1.81 bits per heavy atom. The van der Waals surface area contributed by atoms with Gasteiger partial charge in [0, 0.05) is 16.9 Å². The minimum atomic E-state index is -0.167. The van der Waals surface area contributed by atoms with E-state index in [4.69, 9.17) is 10.5 Å². The highest BCUT2D eigenvalue weighted by Gasteiger charge is 2.09. The molecule has 1 amide bonds. The normalized spacial score (nSPS) is 10.5. The Morgan fingerprint density at radius 3 is 2.43 bits per heavy atom. The van der Waals surface area contributed by atoms with Gasteiger partial charge < -0.3 is 15.8 Å². The first kappa shape index (κ1) is 14.9. The molecule has 110 valence electrons. The van der Waals surface area contributed by atoms with Gasteiger partial charge in [-0.15, -0.1) is 0 Å². The van der Waals surface area contributed by atoms with Gasteiger partial charge in [0.05, 0.1) is 6.10 Å². The Kier molecular flexibility index (Phi) is 4.48. The lowest BCUT2D eigenvalue weighted by Crippen LogP contribution is -2.13. The van der Waals surface area contributed by atoms with Crippen LogP contribution in [0, 0.1) is 6.92 Å². The summed E-state index contributed by atoms with van der Waals surface area (Å²) in [6.45, 7) is 5.80. The van der Waals surface area contributed by atoms with E-state index in [1.165, 1.54) is 0 Å². The summed E-state index contributed by atoms with van der Waals surface area (Å²) >= 11 is 0. The van der Waals surface area contributed by atoms with Crippen LogP contribution in [0.25, 0.3) is 0 Å². The molecule has 2 aromatic carbocycles. The predicted molar refractivity (Wildman–Crippen MR) is 85.8 cm³/mol. The SMILES string of the molecule is Cc1c(N)cccc1NC(=O)c1ccc(OC(C)C)cc1. The zero-order valence-corrected chi connectivity index (χ0v) is 12.5. The molecule has 2 aromatic rings. The maximum Gasteiger partial charge on any atom is 0.255 e. The molecule has 0 radical (unpaired) electrons. The van der Waals surface area contributed by atoms with Crippen molar-refractivity contribution in [2.24, 2.45) is 0 Å². The van der Waals surface area contributed by atoms with Crippen molar-refractivity contribution in [2.45, 2.75) is 26.9 Å². The summed E-state index contributed by atoms with van der Waals surface area (Å²) in [4.78, 5) is 12.2. The zero-order valence-electron chi connectivity index (χ0n) is 12.5. The van der Waals surface area contributed by atoms with E-state index in [9.17, 15) is 4.79 Å². The Labute approximate surface area is 124 Å². The summed E-state index contributed by atoms with van der Waals surface area (Å²) in [5, 5.41) is 2.87. The highest BCUT2D eigenvalue weighted by atomic mass is 16.5. The van der Waals surface area contributed by atoms with E-state index in [1.807, 2.05) is 39.0 Å². The van der Waals surface area contributed by atoms with E-state index in [1.54, 1.807) is 24.3 Å². The van der Waals surface area contributed by atoms with E-state index in [0.29, 0.717) is 11.3 Å². The molecule has 0 spiro atoms. The van der Waals surface area contributed by atoms with Crippen molar-refractivity contribution in [1.29, 1.82) is 0 Å². The molecule has 4 heteroatoms. The monoisotopic (exact) mass is 284 g/mol. The molecule has 0 fully saturated rings. The third-order valence-corrected chi connectivity index (χ3v) is 3.11. The maximum atomic E-state index is 12.2. The Balaban J connectivity index is 2.11. The van der Waals surface area contributed by atoms with Crippen LogP contribution in [0.3, 0.4) is 0 Å². The first-order valence-electron chi connectivity index (χ1n) is 6.90. The van der Waals surface area contributed by atoms with Crippen LogP contribution in [0.2, 0.25) is 0 Å². The molecule has 4 nitrogen and oxygen atoms in total. The maximum absolute atomic E-state index is 12.2. The van der Waals surface area contributed by atoms with Gasteiger partial charge in [-0.2, -0.15) is 0 Å². The lowest BCUT2D eigenvalue weighted by Gasteiger charge is -2.12. The highest BCUT2D eigenvalue weighted by molar-refractivity contribution is 6.05. The molecule has 0 aliphatic carbocycles. The average Bonchev–Trinajstić information content (AvgIpc) is 2.44.